The van der Waals surface area contributed by atoms with Crippen LogP contribution < -0.4 is 0 Å². The van der Waals surface area contributed by atoms with Crippen molar-refractivity contribution in [1.29, 1.82) is 0 Å². The van der Waals surface area contributed by atoms with E-state index < -0.39 is 0 Å². The van der Waals surface area contributed by atoms with E-state index in [9.17, 15) is 0 Å². The van der Waals surface area contributed by atoms with Crippen molar-refractivity contribution in [1.82, 2.24) is 4.31 Å². The van der Waals surface area contributed by atoms with Crippen LogP contribution in [0.2, 0.25) is 0 Å². The molecule has 1 aliphatic rings. The van der Waals surface area contributed by atoms with Gasteiger partial charge in [0.25, 0.3) is 0 Å². The Kier molecular flexibility index (Phi) is 3.14. The van der Waals surface area contributed by atoms with Crippen LogP contribution in [0.5, 0.6) is 0 Å². The van der Waals surface area contributed by atoms with Gasteiger partial charge in [-0.15, -0.1) is 0 Å². The molecule has 76 valence electrons. The van der Waals surface area contributed by atoms with E-state index in [1.165, 1.54) is 30.0 Å². The van der Waals surface area contributed by atoms with Crippen molar-refractivity contribution < 1.29 is 0 Å². The lowest BCUT2D eigenvalue weighted by molar-refractivity contribution is 0.549. The van der Waals surface area contributed by atoms with Crippen LogP contribution in [-0.4, -0.2) is 17.4 Å². The Morgan fingerprint density at radius 3 is 2.57 bits per heavy atom. The third-order valence-electron chi connectivity index (χ3n) is 2.64. The summed E-state index contributed by atoms with van der Waals surface area (Å²) in [7, 11) is 0. The molecule has 1 unspecified atom stereocenters. The molecule has 0 spiro atoms. The highest BCUT2D eigenvalue weighted by Crippen LogP contribution is 2.28. The van der Waals surface area contributed by atoms with Crippen molar-refractivity contribution in [2.75, 3.05) is 13.1 Å². The molecule has 0 saturated carbocycles. The molecule has 14 heavy (non-hydrogen) atoms. The summed E-state index contributed by atoms with van der Waals surface area (Å²) < 4.78 is 2.47. The summed E-state index contributed by atoms with van der Waals surface area (Å²) >= 11 is 1.90. The third kappa shape index (κ3) is 2.52. The second kappa shape index (κ2) is 4.37. The van der Waals surface area contributed by atoms with Gasteiger partial charge in [0.1, 0.15) is 0 Å². The van der Waals surface area contributed by atoms with Gasteiger partial charge in [-0.2, -0.15) is 0 Å². The van der Waals surface area contributed by atoms with Crippen LogP contribution in [0.4, 0.5) is 0 Å². The van der Waals surface area contributed by atoms with Crippen molar-refractivity contribution in [2.24, 2.45) is 5.92 Å². The number of aryl methyl sites for hydroxylation is 1. The monoisotopic (exact) mass is 207 g/mol. The highest BCUT2D eigenvalue weighted by atomic mass is 32.2. The van der Waals surface area contributed by atoms with Crippen molar-refractivity contribution in [3.63, 3.8) is 0 Å². The van der Waals surface area contributed by atoms with E-state index in [1.807, 2.05) is 11.9 Å². The minimum Gasteiger partial charge on any atom is -0.246 e. The molecule has 1 aliphatic heterocycles. The van der Waals surface area contributed by atoms with Crippen LogP contribution in [0.1, 0.15) is 18.9 Å². The summed E-state index contributed by atoms with van der Waals surface area (Å²) in [6, 6.07) is 8.79. The quantitative estimate of drug-likeness (QED) is 0.684. The molecule has 0 amide bonds. The average molecular weight is 207 g/mol. The van der Waals surface area contributed by atoms with E-state index in [2.05, 4.69) is 42.4 Å². The number of nitrogens with zero attached hydrogens (tertiary/aromatic N) is 1. The zero-order valence-corrected chi connectivity index (χ0v) is 9.68. The SMILES string of the molecule is Cc1ccc(SN2CCC(C)C2)cc1. The smallest absolute Gasteiger partial charge is 0.0230 e. The van der Waals surface area contributed by atoms with Gasteiger partial charge >= 0.3 is 0 Å². The zero-order valence-electron chi connectivity index (χ0n) is 8.86. The van der Waals surface area contributed by atoms with Crippen LogP contribution >= 0.6 is 11.9 Å². The van der Waals surface area contributed by atoms with Crippen molar-refractivity contribution in [3.05, 3.63) is 29.8 Å². The van der Waals surface area contributed by atoms with E-state index in [4.69, 9.17) is 0 Å². The lowest BCUT2D eigenvalue weighted by atomic mass is 10.2. The van der Waals surface area contributed by atoms with Gasteiger partial charge in [-0.25, -0.2) is 4.31 Å². The van der Waals surface area contributed by atoms with E-state index in [-0.39, 0.29) is 0 Å². The second-order valence-electron chi connectivity index (χ2n) is 4.19. The first-order valence-electron chi connectivity index (χ1n) is 5.23. The van der Waals surface area contributed by atoms with Gasteiger partial charge in [0.15, 0.2) is 0 Å². The maximum atomic E-state index is 2.47. The van der Waals surface area contributed by atoms with E-state index in [1.54, 1.807) is 0 Å². The van der Waals surface area contributed by atoms with Gasteiger partial charge in [0.2, 0.25) is 0 Å². The van der Waals surface area contributed by atoms with Crippen LogP contribution in [0.15, 0.2) is 29.2 Å². The molecule has 1 aromatic rings. The minimum absolute atomic E-state index is 0.868. The normalized spacial score (nSPS) is 22.9. The fraction of sp³-hybridized carbons (Fsp3) is 0.500. The average Bonchev–Trinajstić information content (AvgIpc) is 2.56. The predicted molar refractivity (Wildman–Crippen MR) is 62.4 cm³/mol. The van der Waals surface area contributed by atoms with Crippen LogP contribution in [0, 0.1) is 12.8 Å². The molecule has 0 radical (unpaired) electrons. The Morgan fingerprint density at radius 2 is 2.00 bits per heavy atom. The van der Waals surface area contributed by atoms with Crippen molar-refractivity contribution in [3.8, 4) is 0 Å². The standard InChI is InChI=1S/C12H17NS/c1-10-3-5-12(6-4-10)14-13-8-7-11(2)9-13/h3-6,11H,7-9H2,1-2H3. The molecule has 1 atom stereocenters. The summed E-state index contributed by atoms with van der Waals surface area (Å²) in [6.07, 6.45) is 1.35. The zero-order chi connectivity index (χ0) is 9.97. The Bertz CT molecular complexity index is 294. The molecule has 0 aliphatic carbocycles. The minimum atomic E-state index is 0.868. The van der Waals surface area contributed by atoms with Gasteiger partial charge in [0, 0.05) is 18.0 Å². The molecule has 1 aromatic carbocycles. The lowest BCUT2D eigenvalue weighted by Crippen LogP contribution is -2.10. The summed E-state index contributed by atoms with van der Waals surface area (Å²) in [5, 5.41) is 0. The summed E-state index contributed by atoms with van der Waals surface area (Å²) in [5.74, 6) is 0.868. The van der Waals surface area contributed by atoms with Crippen LogP contribution in [0.25, 0.3) is 0 Å². The molecule has 0 bridgehead atoms. The molecule has 0 aromatic heterocycles. The van der Waals surface area contributed by atoms with E-state index >= 15 is 0 Å². The first kappa shape index (κ1) is 10.1. The molecule has 1 saturated heterocycles. The third-order valence-corrected chi connectivity index (χ3v) is 3.71. The van der Waals surface area contributed by atoms with E-state index in [0.29, 0.717) is 0 Å². The first-order valence-corrected chi connectivity index (χ1v) is 6.01. The van der Waals surface area contributed by atoms with Crippen molar-refractivity contribution in [2.45, 2.75) is 25.2 Å². The summed E-state index contributed by atoms with van der Waals surface area (Å²) in [5.41, 5.74) is 1.34. The second-order valence-corrected chi connectivity index (χ2v) is 5.36. The maximum Gasteiger partial charge on any atom is 0.0230 e. The van der Waals surface area contributed by atoms with Gasteiger partial charge in [-0.3, -0.25) is 0 Å². The fourth-order valence-corrected chi connectivity index (χ4v) is 2.81. The highest BCUT2D eigenvalue weighted by Gasteiger charge is 2.19. The first-order chi connectivity index (χ1) is 6.74. The molecule has 1 nitrogen and oxygen atoms in total. The Morgan fingerprint density at radius 1 is 1.29 bits per heavy atom. The van der Waals surface area contributed by atoms with Gasteiger partial charge in [0.05, 0.1) is 0 Å². The molecular formula is C12H17NS. The van der Waals surface area contributed by atoms with Gasteiger partial charge in [-0.1, -0.05) is 24.6 Å². The molecule has 1 fully saturated rings. The number of rotatable bonds is 2. The van der Waals surface area contributed by atoms with Crippen LogP contribution in [0.3, 0.4) is 0 Å². The largest absolute Gasteiger partial charge is 0.246 e. The van der Waals surface area contributed by atoms with Gasteiger partial charge in [-0.05, 0) is 43.3 Å². The number of hydrogen-bond donors (Lipinski definition) is 0. The Labute approximate surface area is 90.6 Å². The predicted octanol–water partition coefficient (Wildman–Crippen LogP) is 3.34. The van der Waals surface area contributed by atoms with Crippen LogP contribution in [-0.2, 0) is 0 Å². The number of hydrogen-bond acceptors (Lipinski definition) is 2. The maximum absolute atomic E-state index is 2.47. The Hall–Kier alpha value is -0.470. The van der Waals surface area contributed by atoms with E-state index in [0.717, 1.165) is 5.92 Å². The topological polar surface area (TPSA) is 3.24 Å². The molecule has 2 heteroatoms. The lowest BCUT2D eigenvalue weighted by Gasteiger charge is -2.13. The fourth-order valence-electron chi connectivity index (χ4n) is 1.73. The molecule has 1 heterocycles. The Balaban J connectivity index is 1.94. The summed E-state index contributed by atoms with van der Waals surface area (Å²) in [6.45, 7) is 6.93. The van der Waals surface area contributed by atoms with Gasteiger partial charge < -0.3 is 0 Å². The van der Waals surface area contributed by atoms with Crippen molar-refractivity contribution >= 4 is 11.9 Å². The molecule has 2 rings (SSSR count). The highest BCUT2D eigenvalue weighted by molar-refractivity contribution is 7.97. The number of benzene rings is 1. The summed E-state index contributed by atoms with van der Waals surface area (Å²) in [4.78, 5) is 1.37. The molecule has 0 N–H and O–H groups in total. The molecular weight excluding hydrogens is 190 g/mol.